The Hall–Kier alpha value is -3.72. The minimum atomic E-state index is 0.265. The Morgan fingerprint density at radius 2 is 2.12 bits per heavy atom. The molecule has 0 aromatic carbocycles. The molecule has 34 heavy (non-hydrogen) atoms. The van der Waals surface area contributed by atoms with Gasteiger partial charge in [0.05, 0.1) is 31.3 Å². The molecule has 0 saturated carbocycles. The summed E-state index contributed by atoms with van der Waals surface area (Å²) in [5.41, 5.74) is 11.9. The largest absolute Gasteiger partial charge is 0.500 e. The monoisotopic (exact) mass is 462 g/mol. The molecule has 0 aliphatic heterocycles. The molecule has 9 heteroatoms. The molecule has 0 spiro atoms. The third kappa shape index (κ3) is 6.20. The normalized spacial score (nSPS) is 15.5. The number of aromatic nitrogens is 5. The summed E-state index contributed by atoms with van der Waals surface area (Å²) in [6.45, 7) is 12.2. The number of allylic oxidation sites excluding steroid dienone is 3. The number of methoxy groups -OCH3 is 1. The highest BCUT2D eigenvalue weighted by molar-refractivity contribution is 6.04. The van der Waals surface area contributed by atoms with Gasteiger partial charge in [-0.25, -0.2) is 9.67 Å². The lowest BCUT2D eigenvalue weighted by molar-refractivity contribution is 0.292. The van der Waals surface area contributed by atoms with Gasteiger partial charge in [-0.05, 0) is 50.8 Å². The Kier molecular flexibility index (Phi) is 8.37. The molecule has 0 amide bonds. The summed E-state index contributed by atoms with van der Waals surface area (Å²) in [6.07, 6.45) is 9.97. The predicted molar refractivity (Wildman–Crippen MR) is 134 cm³/mol. The SMILES string of the molecule is C=CC(=N)c1cn(Cc2cn3cc(CNCC4CC(C)=C4C)ccc3n2)nn1.CO/C(C)=C/N. The maximum absolute atomic E-state index is 7.74. The van der Waals surface area contributed by atoms with E-state index in [1.807, 2.05) is 12.3 Å². The molecule has 3 aromatic rings. The highest BCUT2D eigenvalue weighted by Gasteiger charge is 2.22. The maximum Gasteiger partial charge on any atom is 0.137 e. The van der Waals surface area contributed by atoms with Crippen LogP contribution in [0, 0.1) is 11.3 Å². The van der Waals surface area contributed by atoms with Crippen LogP contribution in [0.5, 0.6) is 0 Å². The summed E-state index contributed by atoms with van der Waals surface area (Å²) in [5.74, 6) is 1.44. The Labute approximate surface area is 200 Å². The van der Waals surface area contributed by atoms with Crippen LogP contribution in [-0.2, 0) is 17.8 Å². The smallest absolute Gasteiger partial charge is 0.137 e. The molecule has 1 atom stereocenters. The van der Waals surface area contributed by atoms with Crippen LogP contribution in [0.25, 0.3) is 5.65 Å². The van der Waals surface area contributed by atoms with Crippen molar-refractivity contribution in [3.05, 3.63) is 83.4 Å². The zero-order valence-electron chi connectivity index (χ0n) is 20.4. The molecule has 4 N–H and O–H groups in total. The van der Waals surface area contributed by atoms with Crippen molar-refractivity contribution in [2.45, 2.75) is 40.3 Å². The van der Waals surface area contributed by atoms with E-state index in [2.05, 4.69) is 62.4 Å². The highest BCUT2D eigenvalue weighted by atomic mass is 16.5. The Balaban J connectivity index is 0.000000481. The van der Waals surface area contributed by atoms with Crippen LogP contribution in [0.2, 0.25) is 0 Å². The van der Waals surface area contributed by atoms with E-state index in [0.29, 0.717) is 18.2 Å². The molecule has 1 aliphatic carbocycles. The first-order valence-electron chi connectivity index (χ1n) is 11.2. The number of nitrogens with one attached hydrogen (secondary N) is 2. The van der Waals surface area contributed by atoms with Crippen molar-refractivity contribution in [1.29, 1.82) is 5.41 Å². The van der Waals surface area contributed by atoms with Gasteiger partial charge >= 0.3 is 0 Å². The van der Waals surface area contributed by atoms with Crippen LogP contribution in [0.4, 0.5) is 0 Å². The standard InChI is InChI=1S/C21H25N7.C4H9NO/c1-4-19(22)20-13-28(26-25-20)12-18-11-27-10-16(5-6-21(27)24-18)8-23-9-17-7-14(2)15(17)3;1-4(3-5)6-2/h4-6,10-11,13,17,22-23H,1,7-9,12H2,2-3H3;3H,5H2,1-2H3/b;4-3+. The van der Waals surface area contributed by atoms with Gasteiger partial charge in [-0.15, -0.1) is 5.10 Å². The fourth-order valence-corrected chi connectivity index (χ4v) is 3.63. The second kappa shape index (κ2) is 11.4. The molecule has 180 valence electrons. The number of hydrogen-bond donors (Lipinski definition) is 3. The van der Waals surface area contributed by atoms with Gasteiger partial charge in [0, 0.05) is 31.7 Å². The lowest BCUT2D eigenvalue weighted by Gasteiger charge is -2.30. The molecule has 1 aliphatic rings. The quantitative estimate of drug-likeness (QED) is 0.255. The zero-order chi connectivity index (χ0) is 24.7. The minimum absolute atomic E-state index is 0.265. The van der Waals surface area contributed by atoms with Crippen LogP contribution in [0.1, 0.15) is 44.1 Å². The van der Waals surface area contributed by atoms with Gasteiger partial charge in [0.15, 0.2) is 0 Å². The molecule has 9 nitrogen and oxygen atoms in total. The number of nitrogens with two attached hydrogens (primary N) is 1. The highest BCUT2D eigenvalue weighted by Crippen LogP contribution is 2.33. The molecule has 4 rings (SSSR count). The van der Waals surface area contributed by atoms with Crippen molar-refractivity contribution in [3.8, 4) is 0 Å². The average Bonchev–Trinajstić information content (AvgIpc) is 3.49. The summed E-state index contributed by atoms with van der Waals surface area (Å²) in [7, 11) is 1.58. The zero-order valence-corrected chi connectivity index (χ0v) is 20.4. The van der Waals surface area contributed by atoms with Gasteiger partial charge in [-0.1, -0.05) is 29.0 Å². The van der Waals surface area contributed by atoms with Crippen molar-refractivity contribution in [1.82, 2.24) is 29.7 Å². The number of imidazole rings is 1. The van der Waals surface area contributed by atoms with Gasteiger partial charge in [0.1, 0.15) is 17.1 Å². The van der Waals surface area contributed by atoms with Gasteiger partial charge in [0.2, 0.25) is 0 Å². The Bertz CT molecular complexity index is 1220. The van der Waals surface area contributed by atoms with Gasteiger partial charge in [0.25, 0.3) is 0 Å². The minimum Gasteiger partial charge on any atom is -0.500 e. The van der Waals surface area contributed by atoms with Crippen molar-refractivity contribution < 1.29 is 4.74 Å². The van der Waals surface area contributed by atoms with Crippen molar-refractivity contribution in [2.24, 2.45) is 11.7 Å². The predicted octanol–water partition coefficient (Wildman–Crippen LogP) is 3.43. The van der Waals surface area contributed by atoms with Crippen molar-refractivity contribution in [3.63, 3.8) is 0 Å². The van der Waals surface area contributed by atoms with Crippen molar-refractivity contribution in [2.75, 3.05) is 13.7 Å². The first kappa shape index (κ1) is 24.9. The Morgan fingerprint density at radius 1 is 1.32 bits per heavy atom. The molecule has 0 bridgehead atoms. The summed E-state index contributed by atoms with van der Waals surface area (Å²) >= 11 is 0. The lowest BCUT2D eigenvalue weighted by Crippen LogP contribution is -2.28. The average molecular weight is 463 g/mol. The number of rotatable bonds is 9. The molecule has 3 heterocycles. The second-order valence-corrected chi connectivity index (χ2v) is 8.43. The molecule has 0 fully saturated rings. The molecular formula is C25H34N8O. The fourth-order valence-electron chi connectivity index (χ4n) is 3.63. The van der Waals surface area contributed by atoms with Gasteiger partial charge < -0.3 is 20.2 Å². The molecule has 0 radical (unpaired) electrons. The van der Waals surface area contributed by atoms with Crippen LogP contribution in [-0.4, -0.2) is 43.7 Å². The van der Waals surface area contributed by atoms with E-state index < -0.39 is 0 Å². The van der Waals surface area contributed by atoms with Crippen LogP contribution < -0.4 is 11.1 Å². The summed E-state index contributed by atoms with van der Waals surface area (Å²) in [5, 5.41) is 19.4. The van der Waals surface area contributed by atoms with E-state index in [1.54, 1.807) is 36.1 Å². The van der Waals surface area contributed by atoms with Crippen LogP contribution in [0.3, 0.4) is 0 Å². The molecule has 0 saturated heterocycles. The van der Waals surface area contributed by atoms with E-state index in [1.165, 1.54) is 24.3 Å². The van der Waals surface area contributed by atoms with E-state index in [9.17, 15) is 0 Å². The summed E-state index contributed by atoms with van der Waals surface area (Å²) in [4.78, 5) is 4.65. The number of ether oxygens (including phenoxy) is 1. The number of nitrogens with zero attached hydrogens (tertiary/aromatic N) is 5. The van der Waals surface area contributed by atoms with E-state index in [-0.39, 0.29) is 5.71 Å². The first-order valence-corrected chi connectivity index (χ1v) is 11.2. The number of hydrogen-bond acceptors (Lipinski definition) is 7. The second-order valence-electron chi connectivity index (χ2n) is 8.43. The topological polar surface area (TPSA) is 119 Å². The van der Waals surface area contributed by atoms with Crippen LogP contribution >= 0.6 is 0 Å². The number of pyridine rings is 1. The Morgan fingerprint density at radius 3 is 2.74 bits per heavy atom. The summed E-state index contributed by atoms with van der Waals surface area (Å²) < 4.78 is 8.37. The lowest BCUT2D eigenvalue weighted by atomic mass is 9.79. The van der Waals surface area contributed by atoms with Crippen molar-refractivity contribution >= 4 is 11.4 Å². The van der Waals surface area contributed by atoms with Crippen LogP contribution in [0.15, 0.2) is 66.5 Å². The number of fused-ring (bicyclic) bond motifs is 1. The maximum atomic E-state index is 7.74. The van der Waals surface area contributed by atoms with Gasteiger partial charge in [-0.2, -0.15) is 0 Å². The van der Waals surface area contributed by atoms with E-state index >= 15 is 0 Å². The van der Waals surface area contributed by atoms with E-state index in [4.69, 9.17) is 11.1 Å². The van der Waals surface area contributed by atoms with Gasteiger partial charge in [-0.3, -0.25) is 5.41 Å². The first-order chi connectivity index (χ1) is 16.3. The molecular weight excluding hydrogens is 428 g/mol. The summed E-state index contributed by atoms with van der Waals surface area (Å²) in [6, 6.07) is 4.16. The van der Waals surface area contributed by atoms with E-state index in [0.717, 1.165) is 30.2 Å². The fraction of sp³-hybridized carbons (Fsp3) is 0.360. The molecule has 3 aromatic heterocycles. The molecule has 1 unspecified atom stereocenters. The third-order valence-electron chi connectivity index (χ3n) is 6.02. The third-order valence-corrected chi connectivity index (χ3v) is 6.02.